The number of halogens is 1. The molecular weight excluding hydrogens is 311 g/mol. The van der Waals surface area contributed by atoms with Crippen LogP contribution >= 0.6 is 0 Å². The predicted octanol–water partition coefficient (Wildman–Crippen LogP) is 1.64. The summed E-state index contributed by atoms with van der Waals surface area (Å²) < 4.78 is 18.5. The van der Waals surface area contributed by atoms with Crippen LogP contribution in [-0.2, 0) is 4.74 Å². The minimum Gasteiger partial charge on any atom is -0.378 e. The van der Waals surface area contributed by atoms with E-state index in [-0.39, 0.29) is 11.8 Å². The second-order valence-corrected chi connectivity index (χ2v) is 5.44. The smallest absolute Gasteiger partial charge is 0.224 e. The summed E-state index contributed by atoms with van der Waals surface area (Å²) in [5, 5.41) is 0. The highest BCUT2D eigenvalue weighted by atomic mass is 19.1. The van der Waals surface area contributed by atoms with E-state index in [1.54, 1.807) is 18.3 Å². The lowest BCUT2D eigenvalue weighted by atomic mass is 10.1. The third-order valence-corrected chi connectivity index (χ3v) is 3.86. The summed E-state index contributed by atoms with van der Waals surface area (Å²) in [5.41, 5.74) is 8.23. The number of benzene rings is 1. The van der Waals surface area contributed by atoms with Crippen molar-refractivity contribution in [3.05, 3.63) is 36.3 Å². The maximum atomic E-state index is 13.1. The molecule has 7 nitrogen and oxygen atoms in total. The van der Waals surface area contributed by atoms with Crippen molar-refractivity contribution in [3.63, 3.8) is 0 Å². The van der Waals surface area contributed by atoms with Crippen LogP contribution in [0.1, 0.15) is 0 Å². The number of hydrogen-bond acceptors (Lipinski definition) is 7. The third kappa shape index (κ3) is 2.71. The van der Waals surface area contributed by atoms with E-state index in [0.29, 0.717) is 49.0 Å². The minimum absolute atomic E-state index is 0.160. The van der Waals surface area contributed by atoms with Gasteiger partial charge in [0.1, 0.15) is 5.82 Å². The van der Waals surface area contributed by atoms with Gasteiger partial charge in [-0.15, -0.1) is 0 Å². The molecular formula is C16H15FN6O. The Labute approximate surface area is 137 Å². The highest BCUT2D eigenvalue weighted by Crippen LogP contribution is 2.25. The Morgan fingerprint density at radius 1 is 1.04 bits per heavy atom. The molecule has 2 N–H and O–H groups in total. The molecule has 24 heavy (non-hydrogen) atoms. The second kappa shape index (κ2) is 5.97. The standard InChI is InChI=1S/C16H15FN6O/c17-11-3-1-10(2-4-11)12-9-19-14-13(20-12)15(22-16(18)21-14)23-5-7-24-8-6-23/h1-4,9H,5-8H2,(H2,18,19,21,22). The number of ether oxygens (including phenoxy) is 1. The molecule has 1 fully saturated rings. The molecule has 4 rings (SSSR count). The molecule has 0 atom stereocenters. The van der Waals surface area contributed by atoms with E-state index in [2.05, 4.69) is 24.8 Å². The number of rotatable bonds is 2. The fourth-order valence-corrected chi connectivity index (χ4v) is 2.66. The maximum absolute atomic E-state index is 13.1. The SMILES string of the molecule is Nc1nc(N2CCOCC2)c2nc(-c3ccc(F)cc3)cnc2n1. The molecule has 1 saturated heterocycles. The molecule has 3 aromatic rings. The Bertz CT molecular complexity index is 880. The summed E-state index contributed by atoms with van der Waals surface area (Å²) in [6.45, 7) is 2.65. The van der Waals surface area contributed by atoms with E-state index in [1.807, 2.05) is 0 Å². The van der Waals surface area contributed by atoms with Crippen molar-refractivity contribution in [2.24, 2.45) is 0 Å². The van der Waals surface area contributed by atoms with Crippen LogP contribution in [0.2, 0.25) is 0 Å². The average Bonchev–Trinajstić information content (AvgIpc) is 2.62. The molecule has 0 amide bonds. The summed E-state index contributed by atoms with van der Waals surface area (Å²) in [4.78, 5) is 19.6. The molecule has 0 radical (unpaired) electrons. The normalized spacial score (nSPS) is 15.0. The molecule has 0 aliphatic carbocycles. The number of anilines is 2. The lowest BCUT2D eigenvalue weighted by Gasteiger charge is -2.28. The van der Waals surface area contributed by atoms with E-state index >= 15 is 0 Å². The molecule has 1 aliphatic heterocycles. The zero-order valence-corrected chi connectivity index (χ0v) is 12.8. The number of aromatic nitrogens is 4. The third-order valence-electron chi connectivity index (χ3n) is 3.86. The Hall–Kier alpha value is -2.87. The maximum Gasteiger partial charge on any atom is 0.224 e. The van der Waals surface area contributed by atoms with Gasteiger partial charge in [0.15, 0.2) is 17.0 Å². The predicted molar refractivity (Wildman–Crippen MR) is 88.0 cm³/mol. The first-order valence-electron chi connectivity index (χ1n) is 7.59. The Balaban J connectivity index is 1.85. The summed E-state index contributed by atoms with van der Waals surface area (Å²) in [5.74, 6) is 0.516. The first-order valence-corrected chi connectivity index (χ1v) is 7.59. The molecule has 0 unspecified atom stereocenters. The Morgan fingerprint density at radius 3 is 2.54 bits per heavy atom. The van der Waals surface area contributed by atoms with Gasteiger partial charge in [0.05, 0.1) is 25.1 Å². The van der Waals surface area contributed by atoms with E-state index in [0.717, 1.165) is 5.56 Å². The van der Waals surface area contributed by atoms with E-state index in [4.69, 9.17) is 10.5 Å². The summed E-state index contributed by atoms with van der Waals surface area (Å²) >= 11 is 0. The van der Waals surface area contributed by atoms with Gasteiger partial charge in [-0.2, -0.15) is 9.97 Å². The van der Waals surface area contributed by atoms with Gasteiger partial charge in [-0.25, -0.2) is 14.4 Å². The van der Waals surface area contributed by atoms with Crippen LogP contribution in [0.5, 0.6) is 0 Å². The van der Waals surface area contributed by atoms with Crippen LogP contribution in [0, 0.1) is 5.82 Å². The van der Waals surface area contributed by atoms with E-state index < -0.39 is 0 Å². The molecule has 3 heterocycles. The quantitative estimate of drug-likeness (QED) is 0.765. The lowest BCUT2D eigenvalue weighted by molar-refractivity contribution is 0.122. The molecule has 1 aromatic carbocycles. The largest absolute Gasteiger partial charge is 0.378 e. The number of nitrogens with two attached hydrogens (primary N) is 1. The summed E-state index contributed by atoms with van der Waals surface area (Å²) in [7, 11) is 0. The molecule has 122 valence electrons. The van der Waals surface area contributed by atoms with Gasteiger partial charge >= 0.3 is 0 Å². The van der Waals surface area contributed by atoms with E-state index in [1.165, 1.54) is 12.1 Å². The Morgan fingerprint density at radius 2 is 1.79 bits per heavy atom. The number of nitrogen functional groups attached to an aromatic ring is 1. The highest BCUT2D eigenvalue weighted by Gasteiger charge is 2.19. The van der Waals surface area contributed by atoms with Crippen molar-refractivity contribution in [1.82, 2.24) is 19.9 Å². The molecule has 0 saturated carbocycles. The van der Waals surface area contributed by atoms with Crippen LogP contribution in [-0.4, -0.2) is 46.2 Å². The van der Waals surface area contributed by atoms with Gasteiger partial charge in [-0.1, -0.05) is 0 Å². The van der Waals surface area contributed by atoms with Gasteiger partial charge in [-0.05, 0) is 24.3 Å². The van der Waals surface area contributed by atoms with E-state index in [9.17, 15) is 4.39 Å². The van der Waals surface area contributed by atoms with Crippen molar-refractivity contribution < 1.29 is 9.13 Å². The first kappa shape index (κ1) is 14.7. The molecule has 1 aliphatic rings. The van der Waals surface area contributed by atoms with Crippen LogP contribution < -0.4 is 10.6 Å². The topological polar surface area (TPSA) is 90.0 Å². The molecule has 8 heteroatoms. The fourth-order valence-electron chi connectivity index (χ4n) is 2.66. The van der Waals surface area contributed by atoms with Crippen LogP contribution in [0.4, 0.5) is 16.2 Å². The van der Waals surface area contributed by atoms with Crippen molar-refractivity contribution in [3.8, 4) is 11.3 Å². The number of fused-ring (bicyclic) bond motifs is 1. The zero-order chi connectivity index (χ0) is 16.5. The minimum atomic E-state index is -0.294. The lowest BCUT2D eigenvalue weighted by Crippen LogP contribution is -2.37. The zero-order valence-electron chi connectivity index (χ0n) is 12.8. The van der Waals surface area contributed by atoms with Crippen molar-refractivity contribution in [2.75, 3.05) is 36.9 Å². The summed E-state index contributed by atoms with van der Waals surface area (Å²) in [6, 6.07) is 6.11. The monoisotopic (exact) mass is 326 g/mol. The van der Waals surface area contributed by atoms with Crippen LogP contribution in [0.3, 0.4) is 0 Å². The number of morpholine rings is 1. The summed E-state index contributed by atoms with van der Waals surface area (Å²) in [6.07, 6.45) is 1.60. The van der Waals surface area contributed by atoms with Gasteiger partial charge in [-0.3, -0.25) is 0 Å². The average molecular weight is 326 g/mol. The fraction of sp³-hybridized carbons (Fsp3) is 0.250. The first-order chi connectivity index (χ1) is 11.7. The van der Waals surface area contributed by atoms with Crippen LogP contribution in [0.15, 0.2) is 30.5 Å². The van der Waals surface area contributed by atoms with Crippen LogP contribution in [0.25, 0.3) is 22.4 Å². The number of hydrogen-bond donors (Lipinski definition) is 1. The van der Waals surface area contributed by atoms with Gasteiger partial charge in [0.25, 0.3) is 0 Å². The number of nitrogens with zero attached hydrogens (tertiary/aromatic N) is 5. The van der Waals surface area contributed by atoms with Gasteiger partial charge in [0, 0.05) is 18.7 Å². The molecule has 0 bridgehead atoms. The van der Waals surface area contributed by atoms with Crippen molar-refractivity contribution >= 4 is 22.9 Å². The van der Waals surface area contributed by atoms with Gasteiger partial charge in [0.2, 0.25) is 5.95 Å². The highest BCUT2D eigenvalue weighted by molar-refractivity contribution is 5.85. The van der Waals surface area contributed by atoms with Gasteiger partial charge < -0.3 is 15.4 Å². The Kier molecular flexibility index (Phi) is 3.66. The van der Waals surface area contributed by atoms with Crippen molar-refractivity contribution in [1.29, 1.82) is 0 Å². The molecule has 2 aromatic heterocycles. The molecule has 0 spiro atoms. The second-order valence-electron chi connectivity index (χ2n) is 5.44. The van der Waals surface area contributed by atoms with Crippen molar-refractivity contribution in [2.45, 2.75) is 0 Å².